The first-order valence-corrected chi connectivity index (χ1v) is 7.03. The van der Waals surface area contributed by atoms with Crippen LogP contribution in [0.1, 0.15) is 19.8 Å². The molecular weight excluding hydrogens is 270 g/mol. The molecule has 7 nitrogen and oxygen atoms in total. The summed E-state index contributed by atoms with van der Waals surface area (Å²) < 4.78 is 12.4. The number of nitrogens with two attached hydrogens (primary N) is 1. The van der Waals surface area contributed by atoms with E-state index in [9.17, 15) is 0 Å². The van der Waals surface area contributed by atoms with Crippen molar-refractivity contribution in [1.29, 1.82) is 0 Å². The minimum Gasteiger partial charge on any atom is -0.497 e. The smallest absolute Gasteiger partial charge is 0.182 e. The van der Waals surface area contributed by atoms with Crippen molar-refractivity contribution in [3.8, 4) is 17.1 Å². The molecule has 0 unspecified atom stereocenters. The Morgan fingerprint density at radius 1 is 1.24 bits per heavy atom. The SMILES string of the molecule is CCCOCCCn1nnnc1-c1cc(N)cc(OC)c1. The fourth-order valence-corrected chi connectivity index (χ4v) is 1.99. The lowest BCUT2D eigenvalue weighted by Gasteiger charge is -2.08. The van der Waals surface area contributed by atoms with Crippen molar-refractivity contribution < 1.29 is 9.47 Å². The molecule has 0 aliphatic carbocycles. The first-order valence-electron chi connectivity index (χ1n) is 7.03. The maximum atomic E-state index is 5.87. The molecule has 7 heteroatoms. The van der Waals surface area contributed by atoms with Crippen molar-refractivity contribution in [3.63, 3.8) is 0 Å². The number of hydrogen-bond acceptors (Lipinski definition) is 6. The third-order valence-electron chi connectivity index (χ3n) is 2.96. The van der Waals surface area contributed by atoms with Gasteiger partial charge in [-0.15, -0.1) is 5.10 Å². The molecular formula is C14H21N5O2. The predicted octanol–water partition coefficient (Wildman–Crippen LogP) is 1.75. The molecule has 2 rings (SSSR count). The Balaban J connectivity index is 2.07. The summed E-state index contributed by atoms with van der Waals surface area (Å²) >= 11 is 0. The Morgan fingerprint density at radius 3 is 2.86 bits per heavy atom. The number of aromatic nitrogens is 4. The van der Waals surface area contributed by atoms with Crippen LogP contribution in [-0.2, 0) is 11.3 Å². The van der Waals surface area contributed by atoms with Gasteiger partial charge in [0.05, 0.1) is 7.11 Å². The molecule has 0 spiro atoms. The van der Waals surface area contributed by atoms with Crippen LogP contribution in [-0.4, -0.2) is 40.5 Å². The second-order valence-electron chi connectivity index (χ2n) is 4.69. The summed E-state index contributed by atoms with van der Waals surface area (Å²) in [6, 6.07) is 5.46. The Kier molecular flexibility index (Phi) is 5.51. The van der Waals surface area contributed by atoms with E-state index in [-0.39, 0.29) is 0 Å². The zero-order chi connectivity index (χ0) is 15.1. The van der Waals surface area contributed by atoms with E-state index < -0.39 is 0 Å². The monoisotopic (exact) mass is 291 g/mol. The zero-order valence-electron chi connectivity index (χ0n) is 12.5. The topological polar surface area (TPSA) is 88.1 Å². The van der Waals surface area contributed by atoms with Gasteiger partial charge >= 0.3 is 0 Å². The normalized spacial score (nSPS) is 10.8. The largest absolute Gasteiger partial charge is 0.497 e. The molecule has 21 heavy (non-hydrogen) atoms. The van der Waals surface area contributed by atoms with Crippen LogP contribution in [0.2, 0.25) is 0 Å². The summed E-state index contributed by atoms with van der Waals surface area (Å²) in [6.45, 7) is 4.28. The van der Waals surface area contributed by atoms with Crippen molar-refractivity contribution in [2.24, 2.45) is 0 Å². The van der Waals surface area contributed by atoms with Crippen molar-refractivity contribution in [2.75, 3.05) is 26.1 Å². The van der Waals surface area contributed by atoms with Crippen LogP contribution in [0.5, 0.6) is 5.75 Å². The summed E-state index contributed by atoms with van der Waals surface area (Å²) in [5.74, 6) is 1.36. The van der Waals surface area contributed by atoms with Crippen LogP contribution >= 0.6 is 0 Å². The van der Waals surface area contributed by atoms with E-state index in [1.165, 1.54) is 0 Å². The van der Waals surface area contributed by atoms with Gasteiger partial charge < -0.3 is 15.2 Å². The fourth-order valence-electron chi connectivity index (χ4n) is 1.99. The average molecular weight is 291 g/mol. The van der Waals surface area contributed by atoms with Crippen molar-refractivity contribution >= 4 is 5.69 Å². The average Bonchev–Trinajstić information content (AvgIpc) is 2.95. The molecule has 0 saturated heterocycles. The molecule has 0 fully saturated rings. The predicted molar refractivity (Wildman–Crippen MR) is 79.9 cm³/mol. The van der Waals surface area contributed by atoms with Crippen molar-refractivity contribution in [1.82, 2.24) is 20.2 Å². The number of hydrogen-bond donors (Lipinski definition) is 1. The van der Waals surface area contributed by atoms with Crippen molar-refractivity contribution in [2.45, 2.75) is 26.3 Å². The van der Waals surface area contributed by atoms with Crippen molar-refractivity contribution in [3.05, 3.63) is 18.2 Å². The summed E-state index contributed by atoms with van der Waals surface area (Å²) in [5.41, 5.74) is 7.32. The van der Waals surface area contributed by atoms with Gasteiger partial charge in [-0.25, -0.2) is 4.68 Å². The summed E-state index contributed by atoms with van der Waals surface area (Å²) in [5, 5.41) is 11.8. The first kappa shape index (κ1) is 15.2. The molecule has 2 N–H and O–H groups in total. The Labute approximate surface area is 124 Å². The van der Waals surface area contributed by atoms with E-state index in [4.69, 9.17) is 15.2 Å². The van der Waals surface area contributed by atoms with E-state index in [1.54, 1.807) is 17.9 Å². The molecule has 1 aromatic heterocycles. The number of benzene rings is 1. The lowest BCUT2D eigenvalue weighted by atomic mass is 10.1. The quantitative estimate of drug-likeness (QED) is 0.589. The highest BCUT2D eigenvalue weighted by Gasteiger charge is 2.10. The minimum atomic E-state index is 0.616. The highest BCUT2D eigenvalue weighted by molar-refractivity contribution is 5.64. The maximum Gasteiger partial charge on any atom is 0.182 e. The lowest BCUT2D eigenvalue weighted by Crippen LogP contribution is -2.07. The molecule has 0 amide bonds. The van der Waals surface area contributed by atoms with Crippen LogP contribution in [0.4, 0.5) is 5.69 Å². The molecule has 1 aromatic carbocycles. The molecule has 0 radical (unpaired) electrons. The number of nitrogen functional groups attached to an aromatic ring is 1. The third kappa shape index (κ3) is 4.16. The van der Waals surface area contributed by atoms with E-state index in [2.05, 4.69) is 22.4 Å². The van der Waals surface area contributed by atoms with E-state index >= 15 is 0 Å². The van der Waals surface area contributed by atoms with E-state index in [0.717, 1.165) is 25.0 Å². The van der Waals surface area contributed by atoms with Gasteiger partial charge in [-0.1, -0.05) is 6.92 Å². The first-order chi connectivity index (χ1) is 10.2. The van der Waals surface area contributed by atoms with Gasteiger partial charge in [-0.05, 0) is 35.4 Å². The summed E-state index contributed by atoms with van der Waals surface area (Å²) in [7, 11) is 1.60. The fraction of sp³-hybridized carbons (Fsp3) is 0.500. The van der Waals surface area contributed by atoms with Gasteiger partial charge in [0.1, 0.15) is 5.75 Å². The van der Waals surface area contributed by atoms with Crippen LogP contribution in [0.3, 0.4) is 0 Å². The van der Waals surface area contributed by atoms with Crippen LogP contribution in [0, 0.1) is 0 Å². The van der Waals surface area contributed by atoms with Gasteiger partial charge in [0.2, 0.25) is 0 Å². The number of anilines is 1. The number of nitrogens with zero attached hydrogens (tertiary/aromatic N) is 4. The van der Waals surface area contributed by atoms with Gasteiger partial charge in [-0.3, -0.25) is 0 Å². The Bertz CT molecular complexity index is 570. The second kappa shape index (κ2) is 7.58. The molecule has 0 aliphatic rings. The molecule has 0 aliphatic heterocycles. The maximum absolute atomic E-state index is 5.87. The van der Waals surface area contributed by atoms with Gasteiger partial charge in [0, 0.05) is 37.1 Å². The number of rotatable bonds is 8. The van der Waals surface area contributed by atoms with E-state index in [0.29, 0.717) is 30.4 Å². The number of ether oxygens (including phenoxy) is 2. The van der Waals surface area contributed by atoms with E-state index in [1.807, 2.05) is 12.1 Å². The molecule has 1 heterocycles. The zero-order valence-corrected chi connectivity index (χ0v) is 12.5. The summed E-state index contributed by atoms with van der Waals surface area (Å²) in [4.78, 5) is 0. The standard InChI is InChI=1S/C14H21N5O2/c1-3-6-21-7-4-5-19-14(16-17-18-19)11-8-12(15)10-13(9-11)20-2/h8-10H,3-7,15H2,1-2H3. The molecule has 2 aromatic rings. The van der Waals surface area contributed by atoms with Gasteiger partial charge in [0.25, 0.3) is 0 Å². The molecule has 0 saturated carbocycles. The van der Waals surface area contributed by atoms with Crippen LogP contribution in [0.15, 0.2) is 18.2 Å². The minimum absolute atomic E-state index is 0.616. The van der Waals surface area contributed by atoms with Crippen LogP contribution in [0.25, 0.3) is 11.4 Å². The van der Waals surface area contributed by atoms with Gasteiger partial charge in [-0.2, -0.15) is 0 Å². The highest BCUT2D eigenvalue weighted by atomic mass is 16.5. The lowest BCUT2D eigenvalue weighted by molar-refractivity contribution is 0.128. The number of methoxy groups -OCH3 is 1. The Morgan fingerprint density at radius 2 is 2.10 bits per heavy atom. The molecule has 0 atom stereocenters. The molecule has 114 valence electrons. The summed E-state index contributed by atoms with van der Waals surface area (Å²) in [6.07, 6.45) is 1.89. The second-order valence-corrected chi connectivity index (χ2v) is 4.69. The highest BCUT2D eigenvalue weighted by Crippen LogP contribution is 2.25. The van der Waals surface area contributed by atoms with Gasteiger partial charge in [0.15, 0.2) is 5.82 Å². The van der Waals surface area contributed by atoms with Crippen LogP contribution < -0.4 is 10.5 Å². The number of tetrazole rings is 1. The number of aryl methyl sites for hydroxylation is 1. The third-order valence-corrected chi connectivity index (χ3v) is 2.96. The molecule has 0 bridgehead atoms. The Hall–Kier alpha value is -2.15.